The van der Waals surface area contributed by atoms with E-state index in [-0.39, 0.29) is 24.4 Å². The molecule has 35 heavy (non-hydrogen) atoms. The van der Waals surface area contributed by atoms with E-state index in [1.807, 2.05) is 63.2 Å². The number of amides is 3. The van der Waals surface area contributed by atoms with Gasteiger partial charge in [-0.2, -0.15) is 0 Å². The molecular formula is C28H37N3O4. The molecule has 0 radical (unpaired) electrons. The molecule has 7 heteroatoms. The molecule has 0 heterocycles. The summed E-state index contributed by atoms with van der Waals surface area (Å²) in [5.74, 6) is -0.594. The van der Waals surface area contributed by atoms with Crippen LogP contribution in [0.2, 0.25) is 0 Å². The van der Waals surface area contributed by atoms with Crippen LogP contribution in [0.4, 0.5) is 10.5 Å². The Bertz CT molecular complexity index is 1090. The highest BCUT2D eigenvalue weighted by atomic mass is 16.6. The zero-order chi connectivity index (χ0) is 25.8. The lowest BCUT2D eigenvalue weighted by atomic mass is 9.88. The second kappa shape index (κ2) is 10.9. The van der Waals surface area contributed by atoms with E-state index in [0.717, 1.165) is 41.5 Å². The molecule has 0 saturated heterocycles. The van der Waals surface area contributed by atoms with Gasteiger partial charge in [-0.25, -0.2) is 4.79 Å². The third kappa shape index (κ3) is 6.84. The van der Waals surface area contributed by atoms with Crippen molar-refractivity contribution >= 4 is 23.6 Å². The van der Waals surface area contributed by atoms with Crippen molar-refractivity contribution in [3.05, 3.63) is 64.7 Å². The molecule has 188 valence electrons. The molecule has 7 nitrogen and oxygen atoms in total. The summed E-state index contributed by atoms with van der Waals surface area (Å²) in [4.78, 5) is 41.1. The number of benzene rings is 2. The lowest BCUT2D eigenvalue weighted by Crippen LogP contribution is -2.53. The number of ether oxygens (including phenoxy) is 1. The van der Waals surface area contributed by atoms with Crippen LogP contribution in [0, 0.1) is 20.8 Å². The summed E-state index contributed by atoms with van der Waals surface area (Å²) >= 11 is 0. The van der Waals surface area contributed by atoms with Gasteiger partial charge in [0.25, 0.3) is 5.91 Å². The minimum Gasteiger partial charge on any atom is -0.444 e. The first kappa shape index (κ1) is 26.3. The molecule has 3 amide bonds. The van der Waals surface area contributed by atoms with E-state index in [0.29, 0.717) is 5.69 Å². The number of nitrogens with zero attached hydrogens (tertiary/aromatic N) is 1. The fraction of sp³-hybridized carbons (Fsp3) is 0.464. The summed E-state index contributed by atoms with van der Waals surface area (Å²) in [5.41, 5.74) is 3.88. The number of anilines is 1. The fourth-order valence-electron chi connectivity index (χ4n) is 4.06. The Morgan fingerprint density at radius 2 is 1.69 bits per heavy atom. The summed E-state index contributed by atoms with van der Waals surface area (Å²) in [6.07, 6.45) is 1.97. The first-order chi connectivity index (χ1) is 16.5. The molecule has 1 unspecified atom stereocenters. The van der Waals surface area contributed by atoms with Crippen LogP contribution in [0.1, 0.15) is 68.3 Å². The standard InChI is InChI=1S/C28H37N3O4/c1-18-14-15-21(16-20(18)3)25(26(33)30-23-13-8-7-10-19(23)2)31(22-11-9-12-22)24(32)17-29-27(34)35-28(4,5)6/h7-8,10,13-16,22,25H,9,11-12,17H2,1-6H3,(H,29,34)(H,30,33). The van der Waals surface area contributed by atoms with E-state index in [2.05, 4.69) is 10.6 Å². The molecule has 1 aliphatic carbocycles. The van der Waals surface area contributed by atoms with Crippen molar-refractivity contribution in [2.45, 2.75) is 78.5 Å². The Morgan fingerprint density at radius 1 is 1.00 bits per heavy atom. The highest BCUT2D eigenvalue weighted by Crippen LogP contribution is 2.34. The maximum atomic E-state index is 13.8. The van der Waals surface area contributed by atoms with Crippen LogP contribution in [0.15, 0.2) is 42.5 Å². The maximum absolute atomic E-state index is 13.8. The zero-order valence-electron chi connectivity index (χ0n) is 21.6. The molecule has 3 rings (SSSR count). The van der Waals surface area contributed by atoms with Crippen LogP contribution in [0.5, 0.6) is 0 Å². The minimum atomic E-state index is -0.827. The number of carbonyl (C=O) groups is 3. The first-order valence-corrected chi connectivity index (χ1v) is 12.2. The number of rotatable bonds is 7. The highest BCUT2D eigenvalue weighted by molar-refractivity contribution is 5.99. The third-order valence-corrected chi connectivity index (χ3v) is 6.32. The number of para-hydroxylation sites is 1. The largest absolute Gasteiger partial charge is 0.444 e. The molecule has 1 saturated carbocycles. The van der Waals surface area contributed by atoms with Crippen LogP contribution < -0.4 is 10.6 Å². The molecule has 2 aromatic rings. The van der Waals surface area contributed by atoms with Crippen molar-refractivity contribution in [3.8, 4) is 0 Å². The van der Waals surface area contributed by atoms with Gasteiger partial charge in [-0.3, -0.25) is 9.59 Å². The molecule has 2 N–H and O–H groups in total. The SMILES string of the molecule is Cc1ccc(C(C(=O)Nc2ccccc2C)N(C(=O)CNC(=O)OC(C)(C)C)C2CCC2)cc1C. The molecular weight excluding hydrogens is 442 g/mol. The van der Waals surface area contributed by atoms with Crippen LogP contribution in [0.25, 0.3) is 0 Å². The van der Waals surface area contributed by atoms with E-state index >= 15 is 0 Å². The van der Waals surface area contributed by atoms with E-state index in [9.17, 15) is 14.4 Å². The first-order valence-electron chi connectivity index (χ1n) is 12.2. The average Bonchev–Trinajstić information content (AvgIpc) is 2.73. The maximum Gasteiger partial charge on any atom is 0.408 e. The van der Waals surface area contributed by atoms with Crippen LogP contribution in [-0.2, 0) is 14.3 Å². The van der Waals surface area contributed by atoms with Gasteiger partial charge in [-0.15, -0.1) is 0 Å². The number of alkyl carbamates (subject to hydrolysis) is 1. The van der Waals surface area contributed by atoms with Gasteiger partial charge in [0.15, 0.2) is 0 Å². The molecule has 0 bridgehead atoms. The van der Waals surface area contributed by atoms with Gasteiger partial charge in [0.05, 0.1) is 0 Å². The molecule has 0 spiro atoms. The number of hydrogen-bond donors (Lipinski definition) is 2. The molecule has 1 aliphatic rings. The molecule has 0 aliphatic heterocycles. The lowest BCUT2D eigenvalue weighted by molar-refractivity contribution is -0.143. The Hall–Kier alpha value is -3.35. The summed E-state index contributed by atoms with van der Waals surface area (Å²) in [7, 11) is 0. The monoisotopic (exact) mass is 479 g/mol. The van der Waals surface area contributed by atoms with Crippen molar-refractivity contribution in [2.24, 2.45) is 0 Å². The van der Waals surface area contributed by atoms with E-state index in [4.69, 9.17) is 4.74 Å². The molecule has 1 fully saturated rings. The van der Waals surface area contributed by atoms with Crippen molar-refractivity contribution in [1.29, 1.82) is 0 Å². The normalized spacial score (nSPS) is 14.5. The van der Waals surface area contributed by atoms with Crippen molar-refractivity contribution < 1.29 is 19.1 Å². The lowest BCUT2D eigenvalue weighted by Gasteiger charge is -2.42. The Labute approximate surface area is 208 Å². The quantitative estimate of drug-likeness (QED) is 0.572. The van der Waals surface area contributed by atoms with E-state index in [1.54, 1.807) is 25.7 Å². The zero-order valence-corrected chi connectivity index (χ0v) is 21.6. The van der Waals surface area contributed by atoms with Crippen LogP contribution >= 0.6 is 0 Å². The fourth-order valence-corrected chi connectivity index (χ4v) is 4.06. The Kier molecular flexibility index (Phi) is 8.20. The van der Waals surface area contributed by atoms with Gasteiger partial charge in [-0.05, 0) is 89.1 Å². The number of hydrogen-bond acceptors (Lipinski definition) is 4. The number of nitrogens with one attached hydrogen (secondary N) is 2. The second-order valence-corrected chi connectivity index (χ2v) is 10.3. The Balaban J connectivity index is 1.93. The summed E-state index contributed by atoms with van der Waals surface area (Å²) in [6, 6.07) is 12.5. The van der Waals surface area contributed by atoms with Crippen LogP contribution in [-0.4, -0.2) is 41.0 Å². The molecule has 2 aromatic carbocycles. The Morgan fingerprint density at radius 3 is 2.26 bits per heavy atom. The predicted molar refractivity (Wildman–Crippen MR) is 137 cm³/mol. The van der Waals surface area contributed by atoms with Crippen molar-refractivity contribution in [3.63, 3.8) is 0 Å². The van der Waals surface area contributed by atoms with Gasteiger partial charge in [0.2, 0.25) is 5.91 Å². The predicted octanol–water partition coefficient (Wildman–Crippen LogP) is 5.20. The van der Waals surface area contributed by atoms with Crippen molar-refractivity contribution in [1.82, 2.24) is 10.2 Å². The van der Waals surface area contributed by atoms with Gasteiger partial charge >= 0.3 is 6.09 Å². The summed E-state index contributed by atoms with van der Waals surface area (Å²) < 4.78 is 5.28. The van der Waals surface area contributed by atoms with E-state index < -0.39 is 17.7 Å². The van der Waals surface area contributed by atoms with E-state index in [1.165, 1.54) is 0 Å². The minimum absolute atomic E-state index is 0.0721. The molecule has 1 atom stereocenters. The van der Waals surface area contributed by atoms with Gasteiger partial charge in [0.1, 0.15) is 18.2 Å². The highest BCUT2D eigenvalue weighted by Gasteiger charge is 2.39. The van der Waals surface area contributed by atoms with Gasteiger partial charge in [-0.1, -0.05) is 36.4 Å². The topological polar surface area (TPSA) is 87.7 Å². The average molecular weight is 480 g/mol. The third-order valence-electron chi connectivity index (χ3n) is 6.32. The molecule has 0 aromatic heterocycles. The van der Waals surface area contributed by atoms with Gasteiger partial charge in [0, 0.05) is 11.7 Å². The second-order valence-electron chi connectivity index (χ2n) is 10.3. The van der Waals surface area contributed by atoms with Crippen molar-refractivity contribution in [2.75, 3.05) is 11.9 Å². The summed E-state index contributed by atoms with van der Waals surface area (Å²) in [6.45, 7) is 11.0. The number of carbonyl (C=O) groups excluding carboxylic acids is 3. The van der Waals surface area contributed by atoms with Crippen LogP contribution in [0.3, 0.4) is 0 Å². The smallest absolute Gasteiger partial charge is 0.408 e. The van der Waals surface area contributed by atoms with Gasteiger partial charge < -0.3 is 20.3 Å². The number of aryl methyl sites for hydroxylation is 3. The summed E-state index contributed by atoms with van der Waals surface area (Å²) in [5, 5.41) is 5.60.